The van der Waals surface area contributed by atoms with Gasteiger partial charge in [0.2, 0.25) is 0 Å². The van der Waals surface area contributed by atoms with Gasteiger partial charge in [-0.05, 0) is 12.1 Å². The number of benzene rings is 1. The van der Waals surface area contributed by atoms with Gasteiger partial charge >= 0.3 is 5.97 Å². The van der Waals surface area contributed by atoms with Crippen LogP contribution in [0.4, 0.5) is 5.69 Å². The molecule has 1 saturated heterocycles. The molecule has 0 amide bonds. The van der Waals surface area contributed by atoms with E-state index in [1.54, 1.807) is 12.1 Å². The van der Waals surface area contributed by atoms with Crippen molar-refractivity contribution >= 4 is 35.0 Å². The largest absolute Gasteiger partial charge is 0.465 e. The van der Waals surface area contributed by atoms with Crippen molar-refractivity contribution in [2.24, 2.45) is 0 Å². The highest BCUT2D eigenvalue weighted by Crippen LogP contribution is 2.37. The number of esters is 1. The number of carbonyl (C=O) groups excluding carboxylic acids is 1. The lowest BCUT2D eigenvalue weighted by Gasteiger charge is -2.26. The molecule has 1 aliphatic rings. The van der Waals surface area contributed by atoms with Crippen LogP contribution < -0.4 is 5.73 Å². The van der Waals surface area contributed by atoms with Crippen molar-refractivity contribution in [3.8, 4) is 0 Å². The van der Waals surface area contributed by atoms with Gasteiger partial charge < -0.3 is 15.2 Å². The highest BCUT2D eigenvalue weighted by molar-refractivity contribution is 8.00. The summed E-state index contributed by atoms with van der Waals surface area (Å²) in [5.74, 6) is -0.429. The minimum Gasteiger partial charge on any atom is -0.465 e. The monoisotopic (exact) mass is 273 g/mol. The number of carbonyl (C=O) groups is 1. The summed E-state index contributed by atoms with van der Waals surface area (Å²) in [7, 11) is 1.33. The molecule has 6 heteroatoms. The fraction of sp³-hybridized carbons (Fsp3) is 0.364. The number of nitrogen functional groups attached to an aromatic ring is 1. The molecule has 1 aromatic carbocycles. The molecule has 2 N–H and O–H groups in total. The quantitative estimate of drug-likeness (QED) is 0.676. The molecular weight excluding hydrogens is 262 g/mol. The van der Waals surface area contributed by atoms with E-state index >= 15 is 0 Å². The Balaban J connectivity index is 2.35. The normalized spacial score (nSPS) is 15.4. The molecule has 0 aromatic heterocycles. The molecule has 1 heterocycles. The van der Waals surface area contributed by atoms with Crippen molar-refractivity contribution in [3.05, 3.63) is 22.7 Å². The van der Waals surface area contributed by atoms with Crippen LogP contribution in [0.25, 0.3) is 0 Å². The first kappa shape index (κ1) is 12.5. The van der Waals surface area contributed by atoms with Gasteiger partial charge in [0.25, 0.3) is 0 Å². The van der Waals surface area contributed by atoms with Gasteiger partial charge in [0.1, 0.15) is 0 Å². The van der Waals surface area contributed by atoms with Crippen molar-refractivity contribution in [3.63, 3.8) is 0 Å². The van der Waals surface area contributed by atoms with Gasteiger partial charge in [0.15, 0.2) is 0 Å². The van der Waals surface area contributed by atoms with Gasteiger partial charge in [0, 0.05) is 10.6 Å². The summed E-state index contributed by atoms with van der Waals surface area (Å²) in [4.78, 5) is 12.4. The molecule has 2 rings (SSSR count). The van der Waals surface area contributed by atoms with Gasteiger partial charge in [-0.3, -0.25) is 0 Å². The lowest BCUT2D eigenvalue weighted by molar-refractivity contribution is 0.0454. The van der Waals surface area contributed by atoms with E-state index in [4.69, 9.17) is 26.8 Å². The standard InChI is InChI=1S/C11H12ClNO3S/c1-15-11(14)8-2-6(13)3-9(12)10(8)17-7-4-16-5-7/h2-3,7H,4-5,13H2,1H3. The smallest absolute Gasteiger partial charge is 0.339 e. The van der Waals surface area contributed by atoms with E-state index in [2.05, 4.69) is 0 Å². The maximum Gasteiger partial charge on any atom is 0.339 e. The first-order chi connectivity index (χ1) is 8.11. The number of thioether (sulfide) groups is 1. The molecular formula is C11H12ClNO3S. The zero-order chi connectivity index (χ0) is 12.4. The van der Waals surface area contributed by atoms with Crippen LogP contribution in [0.2, 0.25) is 5.02 Å². The Morgan fingerprint density at radius 3 is 2.82 bits per heavy atom. The van der Waals surface area contributed by atoms with Crippen molar-refractivity contribution in [1.82, 2.24) is 0 Å². The Labute approximate surface area is 108 Å². The minimum absolute atomic E-state index is 0.333. The minimum atomic E-state index is -0.429. The predicted octanol–water partition coefficient (Wildman–Crippen LogP) is 2.20. The Morgan fingerprint density at radius 1 is 1.59 bits per heavy atom. The zero-order valence-electron chi connectivity index (χ0n) is 9.23. The lowest BCUT2D eigenvalue weighted by atomic mass is 10.2. The summed E-state index contributed by atoms with van der Waals surface area (Å²) in [5, 5.41) is 0.807. The molecule has 1 aliphatic heterocycles. The molecule has 4 nitrogen and oxygen atoms in total. The summed E-state index contributed by atoms with van der Waals surface area (Å²) in [6, 6.07) is 3.22. The van der Waals surface area contributed by atoms with E-state index in [-0.39, 0.29) is 0 Å². The molecule has 0 saturated carbocycles. The number of ether oxygens (including phenoxy) is 2. The molecule has 0 bridgehead atoms. The molecule has 17 heavy (non-hydrogen) atoms. The zero-order valence-corrected chi connectivity index (χ0v) is 10.8. The first-order valence-electron chi connectivity index (χ1n) is 5.03. The van der Waals surface area contributed by atoms with Gasteiger partial charge in [-0.2, -0.15) is 0 Å². The van der Waals surface area contributed by atoms with Crippen molar-refractivity contribution in [1.29, 1.82) is 0 Å². The predicted molar refractivity (Wildman–Crippen MR) is 67.7 cm³/mol. The molecule has 0 atom stereocenters. The highest BCUT2D eigenvalue weighted by atomic mass is 35.5. The van der Waals surface area contributed by atoms with Gasteiger partial charge in [0.05, 0.1) is 36.2 Å². The third-order valence-electron chi connectivity index (χ3n) is 2.36. The van der Waals surface area contributed by atoms with E-state index in [1.807, 2.05) is 0 Å². The van der Waals surface area contributed by atoms with E-state index in [1.165, 1.54) is 18.9 Å². The lowest BCUT2D eigenvalue weighted by Crippen LogP contribution is -2.30. The molecule has 0 radical (unpaired) electrons. The summed E-state index contributed by atoms with van der Waals surface area (Å²) < 4.78 is 9.81. The van der Waals surface area contributed by atoms with E-state index in [9.17, 15) is 4.79 Å². The molecule has 0 spiro atoms. The number of hydrogen-bond donors (Lipinski definition) is 1. The Hall–Kier alpha value is -0.910. The summed E-state index contributed by atoms with van der Waals surface area (Å²) in [5.41, 5.74) is 6.53. The van der Waals surface area contributed by atoms with Crippen LogP contribution in [0.1, 0.15) is 10.4 Å². The van der Waals surface area contributed by atoms with Crippen LogP contribution in [-0.4, -0.2) is 31.5 Å². The summed E-state index contributed by atoms with van der Waals surface area (Å²) >= 11 is 7.63. The fourth-order valence-electron chi connectivity index (χ4n) is 1.44. The summed E-state index contributed by atoms with van der Waals surface area (Å²) in [6.45, 7) is 1.35. The van der Waals surface area contributed by atoms with E-state index in [0.717, 1.165) is 0 Å². The Morgan fingerprint density at radius 2 is 2.29 bits per heavy atom. The number of methoxy groups -OCH3 is 1. The second-order valence-corrected chi connectivity index (χ2v) is 5.37. The van der Waals surface area contributed by atoms with Crippen LogP contribution >= 0.6 is 23.4 Å². The second-order valence-electron chi connectivity index (χ2n) is 3.65. The highest BCUT2D eigenvalue weighted by Gasteiger charge is 2.25. The van der Waals surface area contributed by atoms with Crippen molar-refractivity contribution in [2.75, 3.05) is 26.1 Å². The molecule has 1 aromatic rings. The topological polar surface area (TPSA) is 61.5 Å². The Bertz CT molecular complexity index is 449. The second kappa shape index (κ2) is 5.16. The van der Waals surface area contributed by atoms with E-state index in [0.29, 0.717) is 39.6 Å². The number of rotatable bonds is 3. The molecule has 1 fully saturated rings. The SMILES string of the molecule is COC(=O)c1cc(N)cc(Cl)c1SC1COC1. The number of halogens is 1. The Kier molecular flexibility index (Phi) is 3.81. The van der Waals surface area contributed by atoms with Crippen LogP contribution in [0.3, 0.4) is 0 Å². The average molecular weight is 274 g/mol. The van der Waals surface area contributed by atoms with E-state index < -0.39 is 5.97 Å². The van der Waals surface area contributed by atoms with Crippen LogP contribution in [-0.2, 0) is 9.47 Å². The van der Waals surface area contributed by atoms with Crippen LogP contribution in [0.5, 0.6) is 0 Å². The number of anilines is 1. The fourth-order valence-corrected chi connectivity index (χ4v) is 2.91. The van der Waals surface area contributed by atoms with Gasteiger partial charge in [-0.25, -0.2) is 4.79 Å². The first-order valence-corrected chi connectivity index (χ1v) is 6.29. The van der Waals surface area contributed by atoms with Gasteiger partial charge in [-0.15, -0.1) is 11.8 Å². The average Bonchev–Trinajstić information content (AvgIpc) is 2.23. The van der Waals surface area contributed by atoms with Crippen LogP contribution in [0.15, 0.2) is 17.0 Å². The van der Waals surface area contributed by atoms with Crippen molar-refractivity contribution in [2.45, 2.75) is 10.1 Å². The maximum atomic E-state index is 11.6. The molecule has 0 aliphatic carbocycles. The van der Waals surface area contributed by atoms with Gasteiger partial charge in [-0.1, -0.05) is 11.6 Å². The van der Waals surface area contributed by atoms with Crippen LogP contribution in [0, 0.1) is 0 Å². The van der Waals surface area contributed by atoms with Crippen molar-refractivity contribution < 1.29 is 14.3 Å². The third kappa shape index (κ3) is 2.68. The maximum absolute atomic E-state index is 11.6. The molecule has 0 unspecified atom stereocenters. The third-order valence-corrected chi connectivity index (χ3v) is 4.05. The number of hydrogen-bond acceptors (Lipinski definition) is 5. The molecule has 92 valence electrons. The number of nitrogens with two attached hydrogens (primary N) is 1. The summed E-state index contributed by atoms with van der Waals surface area (Å²) in [6.07, 6.45) is 0.